The highest BCUT2D eigenvalue weighted by molar-refractivity contribution is 6.21. The highest BCUT2D eigenvalue weighted by Gasteiger charge is 2.38. The Bertz CT molecular complexity index is 470. The van der Waals surface area contributed by atoms with Crippen LogP contribution in [0.3, 0.4) is 0 Å². The summed E-state index contributed by atoms with van der Waals surface area (Å²) >= 11 is 0. The van der Waals surface area contributed by atoms with Crippen molar-refractivity contribution in [3.8, 4) is 5.75 Å². The van der Waals surface area contributed by atoms with Crippen LogP contribution in [0.25, 0.3) is 0 Å². The number of imide groups is 1. The molecule has 3 amide bonds. The van der Waals surface area contributed by atoms with E-state index >= 15 is 0 Å². The quantitative estimate of drug-likeness (QED) is 0.828. The molecule has 1 aliphatic rings. The van der Waals surface area contributed by atoms with Crippen molar-refractivity contribution in [3.63, 3.8) is 0 Å². The normalized spacial score (nSPS) is 18.6. The first-order valence-corrected chi connectivity index (χ1v) is 6.46. The van der Waals surface area contributed by atoms with Gasteiger partial charge in [-0.05, 0) is 30.7 Å². The number of benzene rings is 1. The first-order chi connectivity index (χ1) is 9.17. The van der Waals surface area contributed by atoms with Crippen LogP contribution in [0.15, 0.2) is 24.3 Å². The van der Waals surface area contributed by atoms with Crippen LogP contribution in [0.5, 0.6) is 5.75 Å². The van der Waals surface area contributed by atoms with Crippen molar-refractivity contribution in [2.75, 3.05) is 12.0 Å². The minimum Gasteiger partial charge on any atom is -0.497 e. The van der Waals surface area contributed by atoms with Crippen LogP contribution >= 0.6 is 0 Å². The zero-order valence-corrected chi connectivity index (χ0v) is 11.2. The molecular formula is C14H18N2O3. The second-order valence-corrected chi connectivity index (χ2v) is 4.52. The monoisotopic (exact) mass is 262 g/mol. The molecule has 102 valence electrons. The van der Waals surface area contributed by atoms with E-state index in [1.54, 1.807) is 31.4 Å². The lowest BCUT2D eigenvalue weighted by molar-refractivity contribution is -0.118. The molecular weight excluding hydrogens is 244 g/mol. The number of hydrogen-bond donors (Lipinski definition) is 1. The molecule has 0 saturated carbocycles. The number of urea groups is 1. The molecule has 0 bridgehead atoms. The summed E-state index contributed by atoms with van der Waals surface area (Å²) in [6, 6.07) is 6.13. The summed E-state index contributed by atoms with van der Waals surface area (Å²) in [4.78, 5) is 25.3. The maximum absolute atomic E-state index is 12.2. The zero-order valence-electron chi connectivity index (χ0n) is 11.2. The number of methoxy groups -OCH3 is 1. The lowest BCUT2D eigenvalue weighted by atomic mass is 10.1. The highest BCUT2D eigenvalue weighted by Crippen LogP contribution is 2.23. The van der Waals surface area contributed by atoms with Crippen molar-refractivity contribution in [1.29, 1.82) is 0 Å². The first-order valence-electron chi connectivity index (χ1n) is 6.46. The summed E-state index contributed by atoms with van der Waals surface area (Å²) in [5.41, 5.74) is 0.572. The molecule has 1 saturated heterocycles. The highest BCUT2D eigenvalue weighted by atomic mass is 16.5. The minimum atomic E-state index is -0.394. The summed E-state index contributed by atoms with van der Waals surface area (Å²) in [5, 5.41) is 2.72. The van der Waals surface area contributed by atoms with Gasteiger partial charge in [-0.2, -0.15) is 0 Å². The van der Waals surface area contributed by atoms with Crippen LogP contribution < -0.4 is 15.0 Å². The summed E-state index contributed by atoms with van der Waals surface area (Å²) < 4.78 is 5.06. The van der Waals surface area contributed by atoms with Gasteiger partial charge in [0.1, 0.15) is 11.8 Å². The number of carbonyl (C=O) groups is 2. The fourth-order valence-corrected chi connectivity index (χ4v) is 2.11. The van der Waals surface area contributed by atoms with Crippen molar-refractivity contribution in [2.24, 2.45) is 0 Å². The van der Waals surface area contributed by atoms with Crippen LogP contribution in [0, 0.1) is 0 Å². The van der Waals surface area contributed by atoms with Gasteiger partial charge in [0.25, 0.3) is 5.91 Å². The van der Waals surface area contributed by atoms with Gasteiger partial charge in [-0.15, -0.1) is 0 Å². The predicted octanol–water partition coefficient (Wildman–Crippen LogP) is 2.31. The maximum atomic E-state index is 12.2. The second-order valence-electron chi connectivity index (χ2n) is 4.52. The molecule has 5 nitrogen and oxygen atoms in total. The third-order valence-corrected chi connectivity index (χ3v) is 3.20. The third kappa shape index (κ3) is 2.70. The zero-order chi connectivity index (χ0) is 13.8. The van der Waals surface area contributed by atoms with Gasteiger partial charge in [0.15, 0.2) is 0 Å². The summed E-state index contributed by atoms with van der Waals surface area (Å²) in [6.07, 6.45) is 2.61. The van der Waals surface area contributed by atoms with E-state index in [0.717, 1.165) is 12.8 Å². The van der Waals surface area contributed by atoms with Gasteiger partial charge in [-0.25, -0.2) is 9.69 Å². The van der Waals surface area contributed by atoms with Crippen LogP contribution in [0.2, 0.25) is 0 Å². The number of ether oxygens (including phenoxy) is 1. The summed E-state index contributed by atoms with van der Waals surface area (Å²) in [6.45, 7) is 2.06. The summed E-state index contributed by atoms with van der Waals surface area (Å²) in [5.74, 6) is 0.516. The van der Waals surface area contributed by atoms with Crippen molar-refractivity contribution in [1.82, 2.24) is 5.32 Å². The fourth-order valence-electron chi connectivity index (χ4n) is 2.11. The van der Waals surface area contributed by atoms with Crippen LogP contribution in [-0.2, 0) is 4.79 Å². The number of nitrogens with zero attached hydrogens (tertiary/aromatic N) is 1. The smallest absolute Gasteiger partial charge is 0.329 e. The van der Waals surface area contributed by atoms with E-state index in [4.69, 9.17) is 4.74 Å². The predicted molar refractivity (Wildman–Crippen MR) is 72.3 cm³/mol. The molecule has 1 aromatic rings. The number of rotatable bonds is 5. The Morgan fingerprint density at radius 1 is 1.26 bits per heavy atom. The number of amides is 3. The number of anilines is 1. The molecule has 1 N–H and O–H groups in total. The van der Waals surface area contributed by atoms with E-state index in [1.165, 1.54) is 4.90 Å². The molecule has 5 heteroatoms. The average Bonchev–Trinajstić information content (AvgIpc) is 2.71. The Morgan fingerprint density at radius 3 is 2.53 bits per heavy atom. The Balaban J connectivity index is 2.14. The van der Waals surface area contributed by atoms with Crippen LogP contribution in [0.4, 0.5) is 10.5 Å². The second kappa shape index (κ2) is 5.73. The van der Waals surface area contributed by atoms with E-state index in [1.807, 2.05) is 0 Å². The number of hydrogen-bond acceptors (Lipinski definition) is 3. The van der Waals surface area contributed by atoms with Gasteiger partial charge < -0.3 is 10.1 Å². The third-order valence-electron chi connectivity index (χ3n) is 3.20. The number of nitrogens with one attached hydrogen (secondary N) is 1. The van der Waals surface area contributed by atoms with Crippen LogP contribution in [0.1, 0.15) is 26.2 Å². The maximum Gasteiger partial charge on any atom is 0.329 e. The molecule has 0 aromatic heterocycles. The van der Waals surface area contributed by atoms with Gasteiger partial charge in [0.05, 0.1) is 12.8 Å². The number of unbranched alkanes of at least 4 members (excludes halogenated alkanes) is 1. The fraction of sp³-hybridized carbons (Fsp3) is 0.429. The van der Waals surface area contributed by atoms with Gasteiger partial charge in [0, 0.05) is 0 Å². The van der Waals surface area contributed by atoms with Crippen molar-refractivity contribution < 1.29 is 14.3 Å². The summed E-state index contributed by atoms with van der Waals surface area (Å²) in [7, 11) is 1.57. The molecule has 1 aromatic carbocycles. The Labute approximate surface area is 112 Å². The van der Waals surface area contributed by atoms with E-state index in [9.17, 15) is 9.59 Å². The molecule has 1 heterocycles. The molecule has 0 radical (unpaired) electrons. The standard InChI is InChI=1S/C14H18N2O3/c1-3-4-5-12-13(17)16(14(18)15-12)10-6-8-11(19-2)9-7-10/h6-9,12H,3-5H2,1-2H3,(H,15,18). The molecule has 1 fully saturated rings. The Kier molecular flexibility index (Phi) is 4.04. The van der Waals surface area contributed by atoms with Gasteiger partial charge in [0.2, 0.25) is 0 Å². The van der Waals surface area contributed by atoms with Crippen molar-refractivity contribution in [2.45, 2.75) is 32.2 Å². The van der Waals surface area contributed by atoms with Crippen molar-refractivity contribution in [3.05, 3.63) is 24.3 Å². The SMILES string of the molecule is CCCCC1NC(=O)N(c2ccc(OC)cc2)C1=O. The molecule has 1 unspecified atom stereocenters. The number of carbonyl (C=O) groups excluding carboxylic acids is 2. The Hall–Kier alpha value is -2.04. The van der Waals surface area contributed by atoms with Gasteiger partial charge in [-0.1, -0.05) is 19.8 Å². The minimum absolute atomic E-state index is 0.177. The van der Waals surface area contributed by atoms with E-state index in [2.05, 4.69) is 12.2 Å². The van der Waals surface area contributed by atoms with E-state index in [0.29, 0.717) is 17.9 Å². The van der Waals surface area contributed by atoms with Gasteiger partial charge in [-0.3, -0.25) is 4.79 Å². The topological polar surface area (TPSA) is 58.6 Å². The molecule has 19 heavy (non-hydrogen) atoms. The molecule has 2 rings (SSSR count). The lowest BCUT2D eigenvalue weighted by Gasteiger charge is -2.13. The van der Waals surface area contributed by atoms with Gasteiger partial charge >= 0.3 is 6.03 Å². The van der Waals surface area contributed by atoms with Crippen molar-refractivity contribution >= 4 is 17.6 Å². The molecule has 1 atom stereocenters. The van der Waals surface area contributed by atoms with Crippen LogP contribution in [-0.4, -0.2) is 25.1 Å². The first kappa shape index (κ1) is 13.4. The average molecular weight is 262 g/mol. The van der Waals surface area contributed by atoms with E-state index in [-0.39, 0.29) is 11.9 Å². The van der Waals surface area contributed by atoms with E-state index < -0.39 is 6.04 Å². The largest absolute Gasteiger partial charge is 0.497 e. The molecule has 0 spiro atoms. The molecule has 1 aliphatic heterocycles. The molecule has 0 aliphatic carbocycles. The Morgan fingerprint density at radius 2 is 1.95 bits per heavy atom. The lowest BCUT2D eigenvalue weighted by Crippen LogP contribution is -2.31.